The quantitative estimate of drug-likeness (QED) is 0.864. The van der Waals surface area contributed by atoms with Crippen molar-refractivity contribution >= 4 is 23.4 Å². The zero-order chi connectivity index (χ0) is 13.0. The molecule has 0 aliphatic carbocycles. The van der Waals surface area contributed by atoms with Crippen molar-refractivity contribution in [2.75, 3.05) is 25.6 Å². The third kappa shape index (κ3) is 3.45. The predicted molar refractivity (Wildman–Crippen MR) is 71.7 cm³/mol. The van der Waals surface area contributed by atoms with E-state index in [1.165, 1.54) is 11.8 Å². The van der Waals surface area contributed by atoms with Crippen LogP contribution in [0.1, 0.15) is 5.56 Å². The lowest BCUT2D eigenvalue weighted by Crippen LogP contribution is -2.16. The third-order valence-corrected chi connectivity index (χ3v) is 3.89. The van der Waals surface area contributed by atoms with E-state index in [1.807, 2.05) is 12.1 Å². The predicted octanol–water partition coefficient (Wildman–Crippen LogP) is 1.70. The van der Waals surface area contributed by atoms with E-state index in [4.69, 9.17) is 26.2 Å². The minimum absolute atomic E-state index is 0.213. The van der Waals surface area contributed by atoms with Gasteiger partial charge < -0.3 is 19.7 Å². The van der Waals surface area contributed by atoms with Gasteiger partial charge in [0.05, 0.1) is 17.7 Å². The standard InChI is InChI=1S/C12H15ClO4S/c13-10-3-8(6-18-7-9(15)5-14)4-11-12(10)17-2-1-16-11/h3-4,9,14-15H,1-2,5-7H2. The maximum Gasteiger partial charge on any atom is 0.179 e. The summed E-state index contributed by atoms with van der Waals surface area (Å²) in [6.07, 6.45) is -0.678. The van der Waals surface area contributed by atoms with E-state index in [-0.39, 0.29) is 6.61 Å². The van der Waals surface area contributed by atoms with E-state index < -0.39 is 6.10 Å². The normalized spacial score (nSPS) is 15.5. The highest BCUT2D eigenvalue weighted by Crippen LogP contribution is 2.39. The van der Waals surface area contributed by atoms with Crippen molar-refractivity contribution in [2.24, 2.45) is 0 Å². The van der Waals surface area contributed by atoms with Gasteiger partial charge in [-0.3, -0.25) is 0 Å². The molecule has 0 bridgehead atoms. The molecule has 2 rings (SSSR count). The van der Waals surface area contributed by atoms with Gasteiger partial charge in [0.25, 0.3) is 0 Å². The average Bonchev–Trinajstić information content (AvgIpc) is 2.38. The molecule has 1 unspecified atom stereocenters. The molecular formula is C12H15ClO4S. The Labute approximate surface area is 115 Å². The Morgan fingerprint density at radius 2 is 2.11 bits per heavy atom. The molecule has 0 radical (unpaired) electrons. The summed E-state index contributed by atoms with van der Waals surface area (Å²) >= 11 is 7.65. The van der Waals surface area contributed by atoms with Gasteiger partial charge in [-0.05, 0) is 17.7 Å². The number of hydrogen-bond donors (Lipinski definition) is 2. The Kier molecular flexibility index (Phi) is 5.00. The molecule has 1 aromatic carbocycles. The highest BCUT2D eigenvalue weighted by Gasteiger charge is 2.16. The fourth-order valence-corrected chi connectivity index (χ4v) is 2.80. The van der Waals surface area contributed by atoms with Crippen LogP contribution < -0.4 is 9.47 Å². The molecule has 2 N–H and O–H groups in total. The Hall–Kier alpha value is -0.620. The number of aliphatic hydroxyl groups is 2. The Bertz CT molecular complexity index is 413. The first kappa shape index (κ1) is 13.8. The maximum atomic E-state index is 9.24. The zero-order valence-corrected chi connectivity index (χ0v) is 11.3. The van der Waals surface area contributed by atoms with Crippen LogP contribution in [-0.2, 0) is 5.75 Å². The van der Waals surface area contributed by atoms with Crippen LogP contribution in [0.4, 0.5) is 0 Å². The largest absolute Gasteiger partial charge is 0.486 e. The lowest BCUT2D eigenvalue weighted by Gasteiger charge is -2.20. The van der Waals surface area contributed by atoms with Gasteiger partial charge in [0.15, 0.2) is 11.5 Å². The highest BCUT2D eigenvalue weighted by molar-refractivity contribution is 7.98. The van der Waals surface area contributed by atoms with Gasteiger partial charge in [-0.1, -0.05) is 11.6 Å². The number of rotatable bonds is 5. The van der Waals surface area contributed by atoms with Gasteiger partial charge in [0.2, 0.25) is 0 Å². The van der Waals surface area contributed by atoms with Crippen LogP contribution in [0.25, 0.3) is 0 Å². The smallest absolute Gasteiger partial charge is 0.179 e. The van der Waals surface area contributed by atoms with E-state index in [0.29, 0.717) is 41.2 Å². The van der Waals surface area contributed by atoms with E-state index in [2.05, 4.69) is 0 Å². The van der Waals surface area contributed by atoms with Crippen molar-refractivity contribution < 1.29 is 19.7 Å². The second-order valence-electron chi connectivity index (χ2n) is 3.95. The molecule has 4 nitrogen and oxygen atoms in total. The molecular weight excluding hydrogens is 276 g/mol. The number of fused-ring (bicyclic) bond motifs is 1. The SMILES string of the molecule is OCC(O)CSCc1cc(Cl)c2c(c1)OCCO2. The van der Waals surface area contributed by atoms with Gasteiger partial charge in [0, 0.05) is 11.5 Å². The van der Waals surface area contributed by atoms with E-state index in [0.717, 1.165) is 5.56 Å². The fraction of sp³-hybridized carbons (Fsp3) is 0.500. The maximum absolute atomic E-state index is 9.24. The number of hydrogen-bond acceptors (Lipinski definition) is 5. The van der Waals surface area contributed by atoms with Crippen molar-refractivity contribution in [2.45, 2.75) is 11.9 Å². The average molecular weight is 291 g/mol. The topological polar surface area (TPSA) is 58.9 Å². The summed E-state index contributed by atoms with van der Waals surface area (Å²) in [5.74, 6) is 2.47. The molecule has 6 heteroatoms. The van der Waals surface area contributed by atoms with E-state index in [1.54, 1.807) is 0 Å². The lowest BCUT2D eigenvalue weighted by molar-refractivity contribution is 0.113. The van der Waals surface area contributed by atoms with Crippen LogP contribution in [-0.4, -0.2) is 41.9 Å². The van der Waals surface area contributed by atoms with E-state index in [9.17, 15) is 5.11 Å². The van der Waals surface area contributed by atoms with Crippen LogP contribution >= 0.6 is 23.4 Å². The van der Waals surface area contributed by atoms with Crippen LogP contribution in [0.3, 0.4) is 0 Å². The summed E-state index contributed by atoms with van der Waals surface area (Å²) in [6.45, 7) is 0.835. The van der Waals surface area contributed by atoms with E-state index >= 15 is 0 Å². The molecule has 0 saturated carbocycles. The van der Waals surface area contributed by atoms with Crippen molar-refractivity contribution in [3.8, 4) is 11.5 Å². The van der Waals surface area contributed by atoms with Crippen LogP contribution in [0.2, 0.25) is 5.02 Å². The number of aliphatic hydroxyl groups excluding tert-OH is 2. The minimum Gasteiger partial charge on any atom is -0.486 e. The molecule has 0 saturated heterocycles. The van der Waals surface area contributed by atoms with Crippen LogP contribution in [0, 0.1) is 0 Å². The summed E-state index contributed by atoms with van der Waals surface area (Å²) < 4.78 is 10.9. The first-order chi connectivity index (χ1) is 8.70. The summed E-state index contributed by atoms with van der Waals surface area (Å²) in [7, 11) is 0. The van der Waals surface area contributed by atoms with Gasteiger partial charge in [-0.25, -0.2) is 0 Å². The number of ether oxygens (including phenoxy) is 2. The summed E-state index contributed by atoms with van der Waals surface area (Å²) in [5, 5.41) is 18.5. The summed E-state index contributed by atoms with van der Waals surface area (Å²) in [5.41, 5.74) is 1.01. The number of halogens is 1. The second kappa shape index (κ2) is 6.52. The lowest BCUT2D eigenvalue weighted by atomic mass is 10.2. The molecule has 0 spiro atoms. The number of benzene rings is 1. The minimum atomic E-state index is -0.678. The molecule has 100 valence electrons. The Morgan fingerprint density at radius 3 is 2.89 bits per heavy atom. The fourth-order valence-electron chi connectivity index (χ4n) is 1.61. The van der Waals surface area contributed by atoms with Gasteiger partial charge in [-0.15, -0.1) is 0 Å². The molecule has 0 fully saturated rings. The second-order valence-corrected chi connectivity index (χ2v) is 5.39. The van der Waals surface area contributed by atoms with Gasteiger partial charge >= 0.3 is 0 Å². The van der Waals surface area contributed by atoms with Crippen molar-refractivity contribution in [3.63, 3.8) is 0 Å². The molecule has 18 heavy (non-hydrogen) atoms. The molecule has 1 aliphatic rings. The molecule has 1 atom stereocenters. The van der Waals surface area contributed by atoms with Crippen molar-refractivity contribution in [1.29, 1.82) is 0 Å². The molecule has 0 amide bonds. The highest BCUT2D eigenvalue weighted by atomic mass is 35.5. The first-order valence-corrected chi connectivity index (χ1v) is 7.18. The summed E-state index contributed by atoms with van der Waals surface area (Å²) in [4.78, 5) is 0. The summed E-state index contributed by atoms with van der Waals surface area (Å²) in [6, 6.07) is 3.74. The Morgan fingerprint density at radius 1 is 1.33 bits per heavy atom. The van der Waals surface area contributed by atoms with Crippen LogP contribution in [0.5, 0.6) is 11.5 Å². The van der Waals surface area contributed by atoms with Crippen molar-refractivity contribution in [1.82, 2.24) is 0 Å². The van der Waals surface area contributed by atoms with Gasteiger partial charge in [0.1, 0.15) is 13.2 Å². The third-order valence-electron chi connectivity index (χ3n) is 2.45. The zero-order valence-electron chi connectivity index (χ0n) is 9.76. The Balaban J connectivity index is 1.99. The van der Waals surface area contributed by atoms with Crippen molar-refractivity contribution in [3.05, 3.63) is 22.7 Å². The molecule has 1 aromatic rings. The van der Waals surface area contributed by atoms with Gasteiger partial charge in [-0.2, -0.15) is 11.8 Å². The molecule has 0 aromatic heterocycles. The first-order valence-electron chi connectivity index (χ1n) is 5.65. The van der Waals surface area contributed by atoms with Crippen LogP contribution in [0.15, 0.2) is 12.1 Å². The number of thioether (sulfide) groups is 1. The monoisotopic (exact) mass is 290 g/mol. The molecule has 1 heterocycles. The molecule has 1 aliphatic heterocycles.